The van der Waals surface area contributed by atoms with E-state index >= 15 is 0 Å². The van der Waals surface area contributed by atoms with Crippen molar-refractivity contribution in [2.24, 2.45) is 5.92 Å². The molecule has 0 N–H and O–H groups in total. The number of hydrogen-bond acceptors (Lipinski definition) is 0. The van der Waals surface area contributed by atoms with Crippen LogP contribution in [0, 0.1) is 5.92 Å². The molecule has 0 nitrogen and oxygen atoms in total. The fraction of sp³-hybridized carbons (Fsp3) is 0.467. The van der Waals surface area contributed by atoms with E-state index < -0.39 is 8.07 Å². The van der Waals surface area contributed by atoms with Gasteiger partial charge in [0.05, 0.1) is 8.07 Å². The predicted octanol–water partition coefficient (Wildman–Crippen LogP) is 4.20. The van der Waals surface area contributed by atoms with Crippen molar-refractivity contribution < 1.29 is 0 Å². The monoisotopic (exact) mass is 232 g/mol. The molecule has 0 aliphatic heterocycles. The second kappa shape index (κ2) is 5.49. The first-order valence-electron chi connectivity index (χ1n) is 6.18. The van der Waals surface area contributed by atoms with Crippen LogP contribution in [0.5, 0.6) is 0 Å². The minimum absolute atomic E-state index is 0.656. The van der Waals surface area contributed by atoms with Crippen LogP contribution in [0.4, 0.5) is 0 Å². The molecule has 1 aromatic carbocycles. The van der Waals surface area contributed by atoms with E-state index in [2.05, 4.69) is 76.3 Å². The Morgan fingerprint density at radius 3 is 2.00 bits per heavy atom. The van der Waals surface area contributed by atoms with Crippen LogP contribution < -0.4 is 5.19 Å². The van der Waals surface area contributed by atoms with Gasteiger partial charge in [-0.25, -0.2) is 0 Å². The van der Waals surface area contributed by atoms with Crippen LogP contribution in [-0.2, 0) is 0 Å². The normalized spacial score (nSPS) is 14.6. The van der Waals surface area contributed by atoms with Gasteiger partial charge in [0, 0.05) is 0 Å². The molecule has 1 atom stereocenters. The molecule has 0 aliphatic rings. The molecule has 1 rings (SSSR count). The van der Waals surface area contributed by atoms with E-state index in [0.29, 0.717) is 11.5 Å². The summed E-state index contributed by atoms with van der Waals surface area (Å²) in [5.41, 5.74) is 0.692. The smallest absolute Gasteiger partial charge is 0.0871 e. The van der Waals surface area contributed by atoms with Gasteiger partial charge in [-0.2, -0.15) is 0 Å². The van der Waals surface area contributed by atoms with Crippen molar-refractivity contribution in [2.75, 3.05) is 0 Å². The van der Waals surface area contributed by atoms with Crippen molar-refractivity contribution >= 4 is 13.3 Å². The van der Waals surface area contributed by atoms with Crippen molar-refractivity contribution in [1.29, 1.82) is 0 Å². The van der Waals surface area contributed by atoms with E-state index in [0.717, 1.165) is 0 Å². The molecule has 0 saturated heterocycles. The zero-order chi connectivity index (χ0) is 12.2. The van der Waals surface area contributed by atoms with Crippen LogP contribution >= 0.6 is 0 Å². The van der Waals surface area contributed by atoms with Gasteiger partial charge in [-0.15, -0.1) is 0 Å². The first-order valence-corrected chi connectivity index (χ1v) is 9.26. The van der Waals surface area contributed by atoms with Crippen molar-refractivity contribution in [3.8, 4) is 0 Å². The van der Waals surface area contributed by atoms with E-state index in [1.54, 1.807) is 5.19 Å². The highest BCUT2D eigenvalue weighted by atomic mass is 28.3. The van der Waals surface area contributed by atoms with E-state index in [9.17, 15) is 0 Å². The standard InChI is InChI=1S/C15H24Si/c1-13(2)11-12-14(3)16(4,5)15-9-7-6-8-10-15/h6-14H,1-5H3/b12-11+. The maximum Gasteiger partial charge on any atom is 0.0871 e. The molecule has 0 bridgehead atoms. The Labute approximate surface area is 101 Å². The third-order valence-corrected chi connectivity index (χ3v) is 7.73. The molecule has 0 fully saturated rings. The molecule has 0 radical (unpaired) electrons. The van der Waals surface area contributed by atoms with Crippen molar-refractivity contribution in [3.63, 3.8) is 0 Å². The van der Waals surface area contributed by atoms with Crippen LogP contribution in [0.2, 0.25) is 18.6 Å². The Bertz CT molecular complexity index is 336. The maximum absolute atomic E-state index is 2.46. The summed E-state index contributed by atoms with van der Waals surface area (Å²) in [6.45, 7) is 11.7. The van der Waals surface area contributed by atoms with Crippen LogP contribution in [0.15, 0.2) is 42.5 Å². The molecule has 16 heavy (non-hydrogen) atoms. The van der Waals surface area contributed by atoms with Crippen molar-refractivity contribution in [3.05, 3.63) is 42.5 Å². The molecule has 1 unspecified atom stereocenters. The van der Waals surface area contributed by atoms with E-state index in [4.69, 9.17) is 0 Å². The number of rotatable bonds is 4. The zero-order valence-electron chi connectivity index (χ0n) is 11.2. The van der Waals surface area contributed by atoms with Gasteiger partial charge in [0.1, 0.15) is 0 Å². The summed E-state index contributed by atoms with van der Waals surface area (Å²) < 4.78 is 0. The molecule has 1 heteroatoms. The van der Waals surface area contributed by atoms with Gasteiger partial charge in [-0.1, -0.05) is 81.5 Å². The van der Waals surface area contributed by atoms with Gasteiger partial charge in [0.2, 0.25) is 0 Å². The molecule has 0 aromatic heterocycles. The molecule has 0 heterocycles. The number of benzene rings is 1. The summed E-state index contributed by atoms with van der Waals surface area (Å²) in [4.78, 5) is 0. The van der Waals surface area contributed by atoms with Crippen LogP contribution in [0.3, 0.4) is 0 Å². The Hall–Kier alpha value is -0.823. The summed E-state index contributed by atoms with van der Waals surface area (Å²) in [6.07, 6.45) is 4.74. The second-order valence-electron chi connectivity index (χ2n) is 5.51. The summed E-state index contributed by atoms with van der Waals surface area (Å²) >= 11 is 0. The number of allylic oxidation sites excluding steroid dienone is 2. The summed E-state index contributed by atoms with van der Waals surface area (Å²) in [5.74, 6) is 0.656. The molecule has 0 aliphatic carbocycles. The predicted molar refractivity (Wildman–Crippen MR) is 77.0 cm³/mol. The third kappa shape index (κ3) is 3.34. The Balaban J connectivity index is 2.85. The van der Waals surface area contributed by atoms with Crippen LogP contribution in [-0.4, -0.2) is 8.07 Å². The Morgan fingerprint density at radius 2 is 1.50 bits per heavy atom. The topological polar surface area (TPSA) is 0 Å². The van der Waals surface area contributed by atoms with E-state index in [1.165, 1.54) is 0 Å². The molecule has 1 aromatic rings. The van der Waals surface area contributed by atoms with Gasteiger partial charge in [-0.3, -0.25) is 0 Å². The highest BCUT2D eigenvalue weighted by molar-refractivity contribution is 6.91. The first-order chi connectivity index (χ1) is 7.44. The lowest BCUT2D eigenvalue weighted by Gasteiger charge is -2.28. The molecule has 0 spiro atoms. The summed E-state index contributed by atoms with van der Waals surface area (Å²) in [7, 11) is -1.34. The van der Waals surface area contributed by atoms with Gasteiger partial charge in [0.25, 0.3) is 0 Å². The minimum atomic E-state index is -1.34. The van der Waals surface area contributed by atoms with Gasteiger partial charge in [0.15, 0.2) is 0 Å². The van der Waals surface area contributed by atoms with Gasteiger partial charge >= 0.3 is 0 Å². The lowest BCUT2D eigenvalue weighted by molar-refractivity contribution is 0.825. The van der Waals surface area contributed by atoms with E-state index in [1.807, 2.05) is 0 Å². The highest BCUT2D eigenvalue weighted by Gasteiger charge is 2.28. The van der Waals surface area contributed by atoms with E-state index in [-0.39, 0.29) is 0 Å². The second-order valence-corrected chi connectivity index (χ2v) is 10.4. The SMILES string of the molecule is CC(C)/C=C/C(C)[Si](C)(C)c1ccccc1. The quantitative estimate of drug-likeness (QED) is 0.539. The lowest BCUT2D eigenvalue weighted by Crippen LogP contribution is -2.44. The van der Waals surface area contributed by atoms with Crippen LogP contribution in [0.25, 0.3) is 0 Å². The fourth-order valence-electron chi connectivity index (χ4n) is 1.76. The Kier molecular flexibility index (Phi) is 4.54. The summed E-state index contributed by atoms with van der Waals surface area (Å²) in [6, 6.07) is 11.0. The largest absolute Gasteiger partial charge is 0.0878 e. The highest BCUT2D eigenvalue weighted by Crippen LogP contribution is 2.23. The first kappa shape index (κ1) is 13.2. The average Bonchev–Trinajstić information content (AvgIpc) is 2.27. The summed E-state index contributed by atoms with van der Waals surface area (Å²) in [5, 5.41) is 1.55. The minimum Gasteiger partial charge on any atom is -0.0878 e. The van der Waals surface area contributed by atoms with Crippen molar-refractivity contribution in [1.82, 2.24) is 0 Å². The van der Waals surface area contributed by atoms with Gasteiger partial charge < -0.3 is 0 Å². The third-order valence-electron chi connectivity index (χ3n) is 3.44. The molecule has 0 saturated carbocycles. The molecular formula is C15H24Si. The lowest BCUT2D eigenvalue weighted by atomic mass is 10.2. The average molecular weight is 232 g/mol. The zero-order valence-corrected chi connectivity index (χ0v) is 12.2. The Morgan fingerprint density at radius 1 is 0.938 bits per heavy atom. The molecule has 88 valence electrons. The fourth-order valence-corrected chi connectivity index (χ4v) is 3.93. The van der Waals surface area contributed by atoms with Gasteiger partial charge in [-0.05, 0) is 11.5 Å². The number of hydrogen-bond donors (Lipinski definition) is 0. The van der Waals surface area contributed by atoms with Crippen molar-refractivity contribution in [2.45, 2.75) is 39.4 Å². The molecule has 0 amide bonds. The maximum atomic E-state index is 2.46. The molecular weight excluding hydrogens is 208 g/mol. The van der Waals surface area contributed by atoms with Crippen LogP contribution in [0.1, 0.15) is 20.8 Å².